The summed E-state index contributed by atoms with van der Waals surface area (Å²) in [5.74, 6) is 0. The molecule has 1 heterocycles. The van der Waals surface area contributed by atoms with E-state index in [1.165, 1.54) is 14.9 Å². The molecule has 2 aromatic rings. The molecule has 0 aliphatic rings. The molecule has 0 amide bonds. The van der Waals surface area contributed by atoms with Crippen molar-refractivity contribution in [2.45, 2.75) is 11.8 Å². The van der Waals surface area contributed by atoms with Crippen molar-refractivity contribution in [2.75, 3.05) is 10.7 Å². The minimum Gasteiger partial charge on any atom is -0.148 e. The molecule has 0 saturated carbocycles. The van der Waals surface area contributed by atoms with Gasteiger partial charge in [-0.25, -0.2) is 0 Å². The molecule has 0 nitrogen and oxygen atoms in total. The van der Waals surface area contributed by atoms with E-state index in [0.29, 0.717) is 0 Å². The summed E-state index contributed by atoms with van der Waals surface area (Å²) in [7, 11) is 0. The lowest BCUT2D eigenvalue weighted by atomic mass is 9.81. The molecular formula is C14H12Br4S. The Bertz CT molecular complexity index is 529. The van der Waals surface area contributed by atoms with Crippen LogP contribution in [0.25, 0.3) is 0 Å². The van der Waals surface area contributed by atoms with Gasteiger partial charge in [0, 0.05) is 35.3 Å². The van der Waals surface area contributed by atoms with E-state index in [4.69, 9.17) is 0 Å². The minimum absolute atomic E-state index is 0.0883. The van der Waals surface area contributed by atoms with Gasteiger partial charge >= 0.3 is 0 Å². The zero-order valence-electron chi connectivity index (χ0n) is 10.0. The van der Waals surface area contributed by atoms with Gasteiger partial charge < -0.3 is 0 Å². The Morgan fingerprint density at radius 1 is 0.947 bits per heavy atom. The molecule has 0 radical (unpaired) electrons. The molecule has 1 aromatic heterocycles. The van der Waals surface area contributed by atoms with E-state index in [1.807, 2.05) is 11.3 Å². The summed E-state index contributed by atoms with van der Waals surface area (Å²) >= 11 is 16.2. The highest BCUT2D eigenvalue weighted by atomic mass is 79.9. The maximum atomic E-state index is 3.70. The van der Waals surface area contributed by atoms with Crippen LogP contribution in [-0.4, -0.2) is 10.7 Å². The predicted molar refractivity (Wildman–Crippen MR) is 99.1 cm³/mol. The van der Waals surface area contributed by atoms with Gasteiger partial charge in [-0.3, -0.25) is 0 Å². The molecule has 0 atom stereocenters. The Morgan fingerprint density at radius 3 is 2.05 bits per heavy atom. The zero-order chi connectivity index (χ0) is 13.9. The minimum atomic E-state index is 0.0883. The lowest BCUT2D eigenvalue weighted by molar-refractivity contribution is 0.556. The lowest BCUT2D eigenvalue weighted by Gasteiger charge is -2.30. The van der Waals surface area contributed by atoms with Crippen LogP contribution in [0.2, 0.25) is 0 Å². The Balaban J connectivity index is 2.33. The van der Waals surface area contributed by atoms with Gasteiger partial charge in [0.15, 0.2) is 0 Å². The molecule has 2 rings (SSSR count). The van der Waals surface area contributed by atoms with E-state index in [9.17, 15) is 0 Å². The van der Waals surface area contributed by atoms with Crippen LogP contribution in [0.3, 0.4) is 0 Å². The fourth-order valence-corrected chi connectivity index (χ4v) is 5.80. The van der Waals surface area contributed by atoms with Crippen LogP contribution >= 0.6 is 75.1 Å². The Labute approximate surface area is 151 Å². The monoisotopic (exact) mass is 528 g/mol. The summed E-state index contributed by atoms with van der Waals surface area (Å²) < 4.78 is 2.29. The second-order valence-electron chi connectivity index (χ2n) is 4.46. The summed E-state index contributed by atoms with van der Waals surface area (Å²) in [5.41, 5.74) is 1.44. The predicted octanol–water partition coefficient (Wildman–Crippen LogP) is 6.54. The largest absolute Gasteiger partial charge is 0.148 e. The number of hydrogen-bond donors (Lipinski definition) is 0. The van der Waals surface area contributed by atoms with Crippen molar-refractivity contribution in [2.24, 2.45) is 0 Å². The van der Waals surface area contributed by atoms with Gasteiger partial charge in [-0.1, -0.05) is 59.9 Å². The molecule has 0 spiro atoms. The number of hydrogen-bond acceptors (Lipinski definition) is 1. The molecule has 0 bridgehead atoms. The van der Waals surface area contributed by atoms with E-state index in [-0.39, 0.29) is 5.41 Å². The molecule has 0 fully saturated rings. The highest BCUT2D eigenvalue weighted by Crippen LogP contribution is 2.35. The standard InChI is InChI=1S/C14H12Br4S/c15-8-14(9-16,6-13-5-12(18)7-19-13)10-1-3-11(17)4-2-10/h1-5,7H,6,8-9H2. The number of thiophene rings is 1. The van der Waals surface area contributed by atoms with E-state index in [2.05, 4.69) is 99.4 Å². The van der Waals surface area contributed by atoms with Crippen LogP contribution in [0.15, 0.2) is 44.7 Å². The fraction of sp³-hybridized carbons (Fsp3) is 0.286. The van der Waals surface area contributed by atoms with Gasteiger partial charge in [-0.15, -0.1) is 11.3 Å². The quantitative estimate of drug-likeness (QED) is 0.384. The number of rotatable bonds is 5. The van der Waals surface area contributed by atoms with E-state index >= 15 is 0 Å². The van der Waals surface area contributed by atoms with Crippen LogP contribution < -0.4 is 0 Å². The number of halogens is 4. The van der Waals surface area contributed by atoms with Crippen molar-refractivity contribution in [3.05, 3.63) is 55.1 Å². The molecule has 1 aromatic carbocycles. The molecule has 0 saturated heterocycles. The van der Waals surface area contributed by atoms with E-state index in [0.717, 1.165) is 21.6 Å². The Hall–Kier alpha value is 0.840. The van der Waals surface area contributed by atoms with Gasteiger partial charge in [-0.2, -0.15) is 0 Å². The van der Waals surface area contributed by atoms with Crippen molar-refractivity contribution in [1.29, 1.82) is 0 Å². The first-order valence-electron chi connectivity index (χ1n) is 5.70. The van der Waals surface area contributed by atoms with Crippen LogP contribution in [0.5, 0.6) is 0 Å². The van der Waals surface area contributed by atoms with Gasteiger partial charge in [-0.05, 0) is 46.1 Å². The normalized spacial score (nSPS) is 11.8. The summed E-state index contributed by atoms with van der Waals surface area (Å²) in [4.78, 5) is 1.40. The van der Waals surface area contributed by atoms with Crippen molar-refractivity contribution in [3.63, 3.8) is 0 Å². The van der Waals surface area contributed by atoms with Crippen molar-refractivity contribution in [1.82, 2.24) is 0 Å². The highest BCUT2D eigenvalue weighted by molar-refractivity contribution is 9.11. The van der Waals surface area contributed by atoms with E-state index in [1.54, 1.807) is 0 Å². The highest BCUT2D eigenvalue weighted by Gasteiger charge is 2.31. The second kappa shape index (κ2) is 7.21. The van der Waals surface area contributed by atoms with Crippen molar-refractivity contribution >= 4 is 75.1 Å². The Morgan fingerprint density at radius 2 is 1.58 bits per heavy atom. The molecule has 0 aliphatic heterocycles. The first kappa shape index (κ1) is 16.2. The lowest BCUT2D eigenvalue weighted by Crippen LogP contribution is -2.32. The summed E-state index contributed by atoms with van der Waals surface area (Å²) in [6.45, 7) is 0. The maximum absolute atomic E-state index is 3.70. The maximum Gasteiger partial charge on any atom is 0.0285 e. The molecule has 19 heavy (non-hydrogen) atoms. The summed E-state index contributed by atoms with van der Waals surface area (Å²) in [6, 6.07) is 10.8. The van der Waals surface area contributed by atoms with E-state index < -0.39 is 0 Å². The van der Waals surface area contributed by atoms with Crippen LogP contribution in [0.4, 0.5) is 0 Å². The summed E-state index contributed by atoms with van der Waals surface area (Å²) in [5, 5.41) is 4.01. The van der Waals surface area contributed by atoms with Crippen molar-refractivity contribution in [3.8, 4) is 0 Å². The van der Waals surface area contributed by atoms with Gasteiger partial charge in [0.25, 0.3) is 0 Å². The van der Waals surface area contributed by atoms with Crippen LogP contribution in [0.1, 0.15) is 10.4 Å². The van der Waals surface area contributed by atoms with Gasteiger partial charge in [0.05, 0.1) is 0 Å². The molecule has 0 unspecified atom stereocenters. The molecular weight excluding hydrogens is 520 g/mol. The third-order valence-electron chi connectivity index (χ3n) is 3.10. The fourth-order valence-electron chi connectivity index (χ4n) is 1.97. The first-order chi connectivity index (χ1) is 9.09. The topological polar surface area (TPSA) is 0 Å². The zero-order valence-corrected chi connectivity index (χ0v) is 17.2. The average molecular weight is 532 g/mol. The van der Waals surface area contributed by atoms with Crippen molar-refractivity contribution < 1.29 is 0 Å². The molecule has 0 aliphatic carbocycles. The van der Waals surface area contributed by atoms with Crippen LogP contribution in [-0.2, 0) is 11.8 Å². The number of benzene rings is 1. The smallest absolute Gasteiger partial charge is 0.0285 e. The first-order valence-corrected chi connectivity index (χ1v) is 10.4. The van der Waals surface area contributed by atoms with Gasteiger partial charge in [0.1, 0.15) is 0 Å². The average Bonchev–Trinajstić information content (AvgIpc) is 2.82. The molecule has 5 heteroatoms. The number of alkyl halides is 2. The SMILES string of the molecule is BrCC(CBr)(Cc1cc(Br)cs1)c1ccc(Br)cc1. The second-order valence-corrected chi connectivity index (χ2v) is 8.41. The third kappa shape index (κ3) is 3.94. The third-order valence-corrected chi connectivity index (χ3v) is 7.48. The summed E-state index contributed by atoms with van der Waals surface area (Å²) in [6.07, 6.45) is 1.03. The molecule has 0 N–H and O–H groups in total. The molecule has 102 valence electrons. The van der Waals surface area contributed by atoms with Crippen LogP contribution in [0, 0.1) is 0 Å². The Kier molecular flexibility index (Phi) is 6.15. The van der Waals surface area contributed by atoms with Gasteiger partial charge in [0.2, 0.25) is 0 Å².